The van der Waals surface area contributed by atoms with Crippen LogP contribution >= 0.6 is 0 Å². The van der Waals surface area contributed by atoms with Gasteiger partial charge >= 0.3 is 0 Å². The Morgan fingerprint density at radius 2 is 1.83 bits per heavy atom. The maximum atomic E-state index is 13.5. The second-order valence-electron chi connectivity index (χ2n) is 7.97. The van der Waals surface area contributed by atoms with Crippen molar-refractivity contribution in [2.75, 3.05) is 12.4 Å². The van der Waals surface area contributed by atoms with E-state index in [0.717, 1.165) is 30.4 Å². The van der Waals surface area contributed by atoms with Crippen LogP contribution in [0.5, 0.6) is 5.75 Å². The highest BCUT2D eigenvalue weighted by Gasteiger charge is 2.31. The van der Waals surface area contributed by atoms with Gasteiger partial charge in [-0.05, 0) is 43.0 Å². The van der Waals surface area contributed by atoms with Gasteiger partial charge in [0, 0.05) is 17.5 Å². The normalized spacial score (nSPS) is 16.4. The van der Waals surface area contributed by atoms with E-state index in [1.54, 1.807) is 7.11 Å². The number of aryl methyl sites for hydroxylation is 2. The molecule has 4 heteroatoms. The second kappa shape index (κ2) is 9.14. The van der Waals surface area contributed by atoms with E-state index in [1.165, 1.54) is 11.1 Å². The minimum atomic E-state index is -0.340. The number of quaternary nitrogens is 1. The summed E-state index contributed by atoms with van der Waals surface area (Å²) in [4.78, 5) is 13.5. The van der Waals surface area contributed by atoms with Gasteiger partial charge in [0.15, 0.2) is 6.04 Å². The topological polar surface area (TPSA) is 54.9 Å². The molecule has 0 saturated heterocycles. The smallest absolute Gasteiger partial charge is 0.287 e. The molecule has 3 aromatic rings. The van der Waals surface area contributed by atoms with Crippen LogP contribution in [0.15, 0.2) is 72.8 Å². The summed E-state index contributed by atoms with van der Waals surface area (Å²) in [6.07, 6.45) is 3.33. The van der Waals surface area contributed by atoms with Crippen LogP contribution < -0.4 is 15.4 Å². The first-order chi connectivity index (χ1) is 14.7. The van der Waals surface area contributed by atoms with Crippen LogP contribution in [0.1, 0.15) is 47.2 Å². The number of methoxy groups -OCH3 is 1. The lowest BCUT2D eigenvalue weighted by atomic mass is 9.87. The minimum Gasteiger partial charge on any atom is -0.495 e. The maximum Gasteiger partial charge on any atom is 0.287 e. The van der Waals surface area contributed by atoms with Crippen molar-refractivity contribution >= 4 is 11.6 Å². The highest BCUT2D eigenvalue weighted by atomic mass is 16.5. The first kappa shape index (κ1) is 20.2. The lowest BCUT2D eigenvalue weighted by molar-refractivity contribution is -0.723. The molecule has 0 aliphatic heterocycles. The number of anilines is 1. The van der Waals surface area contributed by atoms with E-state index in [4.69, 9.17) is 4.74 Å². The number of nitrogens with one attached hydrogen (secondary N) is 1. The first-order valence-corrected chi connectivity index (χ1v) is 10.6. The Balaban J connectivity index is 1.63. The van der Waals surface area contributed by atoms with Crippen molar-refractivity contribution in [2.45, 2.75) is 38.3 Å². The number of benzene rings is 3. The van der Waals surface area contributed by atoms with Crippen LogP contribution in [0.4, 0.5) is 5.69 Å². The molecule has 4 nitrogen and oxygen atoms in total. The Morgan fingerprint density at radius 3 is 2.63 bits per heavy atom. The number of carbonyl (C=O) groups is 1. The van der Waals surface area contributed by atoms with Crippen molar-refractivity contribution in [3.05, 3.63) is 95.1 Å². The SMILES string of the molecule is COc1ccc(C)cc1NC(=O)[C@@H]([NH2+][C@@H]1CCCc2ccccc21)c1ccccc1. The molecule has 0 aromatic heterocycles. The summed E-state index contributed by atoms with van der Waals surface area (Å²) < 4.78 is 5.46. The zero-order valence-corrected chi connectivity index (χ0v) is 17.6. The number of nitrogens with two attached hydrogens (primary N) is 1. The van der Waals surface area contributed by atoms with Crippen LogP contribution in [0.3, 0.4) is 0 Å². The Morgan fingerprint density at radius 1 is 1.07 bits per heavy atom. The van der Waals surface area contributed by atoms with E-state index < -0.39 is 0 Å². The molecule has 1 amide bonds. The number of fused-ring (bicyclic) bond motifs is 1. The van der Waals surface area contributed by atoms with Gasteiger partial charge in [0.25, 0.3) is 5.91 Å². The molecule has 0 unspecified atom stereocenters. The summed E-state index contributed by atoms with van der Waals surface area (Å²) in [5.74, 6) is 0.636. The average Bonchev–Trinajstić information content (AvgIpc) is 2.78. The van der Waals surface area contributed by atoms with Crippen LogP contribution in [0, 0.1) is 6.92 Å². The Labute approximate surface area is 178 Å². The van der Waals surface area contributed by atoms with Crippen molar-refractivity contribution in [2.24, 2.45) is 0 Å². The predicted octanol–water partition coefficient (Wildman–Crippen LogP) is 4.32. The minimum absolute atomic E-state index is 0.0341. The molecule has 0 fully saturated rings. The van der Waals surface area contributed by atoms with Gasteiger partial charge in [-0.15, -0.1) is 0 Å². The molecule has 0 saturated carbocycles. The summed E-state index contributed by atoms with van der Waals surface area (Å²) in [6, 6.07) is 24.4. The highest BCUT2D eigenvalue weighted by molar-refractivity contribution is 5.95. The summed E-state index contributed by atoms with van der Waals surface area (Å²) in [5, 5.41) is 5.35. The van der Waals surface area contributed by atoms with Crippen LogP contribution in [0.25, 0.3) is 0 Å². The maximum absolute atomic E-state index is 13.5. The van der Waals surface area contributed by atoms with Gasteiger partial charge in [-0.1, -0.05) is 60.7 Å². The van der Waals surface area contributed by atoms with Crippen LogP contribution in [-0.4, -0.2) is 13.0 Å². The number of hydrogen-bond donors (Lipinski definition) is 2. The highest BCUT2D eigenvalue weighted by Crippen LogP contribution is 2.29. The number of amides is 1. The molecule has 30 heavy (non-hydrogen) atoms. The first-order valence-electron chi connectivity index (χ1n) is 10.6. The molecule has 1 aliphatic carbocycles. The van der Waals surface area contributed by atoms with Crippen molar-refractivity contribution in [1.82, 2.24) is 0 Å². The quantitative estimate of drug-likeness (QED) is 0.646. The Kier molecular flexibility index (Phi) is 6.15. The third kappa shape index (κ3) is 4.39. The van der Waals surface area contributed by atoms with Crippen molar-refractivity contribution in [3.63, 3.8) is 0 Å². The molecular weight excluding hydrogens is 372 g/mol. The van der Waals surface area contributed by atoms with Gasteiger partial charge in [0.05, 0.1) is 12.8 Å². The molecule has 1 aliphatic rings. The number of carbonyl (C=O) groups excluding carboxylic acids is 1. The lowest BCUT2D eigenvalue weighted by Gasteiger charge is -2.27. The molecule has 0 bridgehead atoms. The van der Waals surface area contributed by atoms with Gasteiger partial charge in [0.1, 0.15) is 11.8 Å². The molecule has 0 heterocycles. The second-order valence-corrected chi connectivity index (χ2v) is 7.97. The molecule has 3 aromatic carbocycles. The molecule has 154 valence electrons. The third-order valence-electron chi connectivity index (χ3n) is 5.89. The van der Waals surface area contributed by atoms with Crippen molar-refractivity contribution in [3.8, 4) is 5.75 Å². The molecule has 0 radical (unpaired) electrons. The number of hydrogen-bond acceptors (Lipinski definition) is 2. The van der Waals surface area contributed by atoms with E-state index in [-0.39, 0.29) is 18.0 Å². The third-order valence-corrected chi connectivity index (χ3v) is 5.89. The zero-order valence-electron chi connectivity index (χ0n) is 17.6. The fourth-order valence-corrected chi connectivity index (χ4v) is 4.36. The van der Waals surface area contributed by atoms with Crippen molar-refractivity contribution < 1.29 is 14.8 Å². The number of rotatable bonds is 6. The van der Waals surface area contributed by atoms with Crippen LogP contribution in [-0.2, 0) is 11.2 Å². The monoisotopic (exact) mass is 401 g/mol. The van der Waals surface area contributed by atoms with Gasteiger partial charge in [0.2, 0.25) is 0 Å². The predicted molar refractivity (Wildman–Crippen MR) is 120 cm³/mol. The van der Waals surface area contributed by atoms with E-state index in [1.807, 2.05) is 55.5 Å². The fraction of sp³-hybridized carbons (Fsp3) is 0.269. The molecule has 4 rings (SSSR count). The number of ether oxygens (including phenoxy) is 1. The zero-order chi connectivity index (χ0) is 20.9. The summed E-state index contributed by atoms with van der Waals surface area (Å²) >= 11 is 0. The summed E-state index contributed by atoms with van der Waals surface area (Å²) in [7, 11) is 1.63. The average molecular weight is 402 g/mol. The van der Waals surface area contributed by atoms with Crippen molar-refractivity contribution in [1.29, 1.82) is 0 Å². The van der Waals surface area contributed by atoms with Gasteiger partial charge in [-0.25, -0.2) is 0 Å². The van der Waals surface area contributed by atoms with E-state index >= 15 is 0 Å². The summed E-state index contributed by atoms with van der Waals surface area (Å²) in [6.45, 7) is 2.01. The van der Waals surface area contributed by atoms with Gasteiger partial charge < -0.3 is 15.4 Å². The van der Waals surface area contributed by atoms with E-state index in [0.29, 0.717) is 11.4 Å². The van der Waals surface area contributed by atoms with Crippen LogP contribution in [0.2, 0.25) is 0 Å². The molecule has 0 spiro atoms. The molecule has 3 N–H and O–H groups in total. The molecule has 2 atom stereocenters. The largest absolute Gasteiger partial charge is 0.495 e. The lowest BCUT2D eigenvalue weighted by Crippen LogP contribution is -2.88. The standard InChI is InChI=1S/C26H28N2O2/c1-18-15-16-24(30-2)23(17-18)28-26(29)25(20-10-4-3-5-11-20)27-22-14-8-12-19-9-6-7-13-21(19)22/h3-7,9-11,13,15-17,22,25,27H,8,12,14H2,1-2H3,(H,28,29)/p+1/t22-,25+/m1/s1. The Hall–Kier alpha value is -3.11. The van der Waals surface area contributed by atoms with E-state index in [2.05, 4.69) is 34.9 Å². The van der Waals surface area contributed by atoms with Gasteiger partial charge in [-0.2, -0.15) is 0 Å². The fourth-order valence-electron chi connectivity index (χ4n) is 4.36. The molecular formula is C26H29N2O2+. The van der Waals surface area contributed by atoms with E-state index in [9.17, 15) is 4.79 Å². The Bertz CT molecular complexity index is 1020. The summed E-state index contributed by atoms with van der Waals surface area (Å²) in [5.41, 5.74) is 5.54. The van der Waals surface area contributed by atoms with Gasteiger partial charge in [-0.3, -0.25) is 4.79 Å².